The lowest BCUT2D eigenvalue weighted by Crippen LogP contribution is -2.43. The van der Waals surface area contributed by atoms with Crippen molar-refractivity contribution in [3.8, 4) is 0 Å². The van der Waals surface area contributed by atoms with Gasteiger partial charge in [0.25, 0.3) is 0 Å². The third-order valence-corrected chi connectivity index (χ3v) is 3.21. The van der Waals surface area contributed by atoms with E-state index in [0.29, 0.717) is 13.0 Å². The minimum Gasteiger partial charge on any atom is -0.396 e. The Labute approximate surface area is 112 Å². The van der Waals surface area contributed by atoms with Crippen LogP contribution in [0.25, 0.3) is 0 Å². The quantitative estimate of drug-likeness (QED) is 0.704. The van der Waals surface area contributed by atoms with Crippen LogP contribution in [-0.4, -0.2) is 35.8 Å². The van der Waals surface area contributed by atoms with Crippen molar-refractivity contribution in [2.24, 2.45) is 0 Å². The Morgan fingerprint density at radius 2 is 2.11 bits per heavy atom. The maximum Gasteiger partial charge on any atom is 0.315 e. The van der Waals surface area contributed by atoms with Gasteiger partial charge in [-0.25, -0.2) is 4.79 Å². The van der Waals surface area contributed by atoms with Crippen LogP contribution in [0.2, 0.25) is 0 Å². The molecule has 0 aliphatic heterocycles. The normalized spacial score (nSPS) is 11.9. The summed E-state index contributed by atoms with van der Waals surface area (Å²) in [5.74, 6) is 0.805. The van der Waals surface area contributed by atoms with E-state index in [2.05, 4.69) is 10.6 Å². The van der Waals surface area contributed by atoms with Crippen molar-refractivity contribution in [2.75, 3.05) is 18.6 Å². The fourth-order valence-electron chi connectivity index (χ4n) is 1.57. The number of hydrogen-bond acceptors (Lipinski definition) is 3. The van der Waals surface area contributed by atoms with E-state index in [1.165, 1.54) is 0 Å². The Morgan fingerprint density at radius 1 is 1.39 bits per heavy atom. The van der Waals surface area contributed by atoms with Crippen LogP contribution in [-0.2, 0) is 6.54 Å². The van der Waals surface area contributed by atoms with E-state index in [-0.39, 0.29) is 18.7 Å². The minimum atomic E-state index is -0.189. The Kier molecular flexibility index (Phi) is 7.29. The summed E-state index contributed by atoms with van der Waals surface area (Å²) in [6.45, 7) is 0.599. The number of carbonyl (C=O) groups excluding carboxylic acids is 1. The van der Waals surface area contributed by atoms with Gasteiger partial charge in [-0.15, -0.1) is 0 Å². The van der Waals surface area contributed by atoms with E-state index in [0.717, 1.165) is 11.3 Å². The van der Waals surface area contributed by atoms with Gasteiger partial charge in [-0.05, 0) is 18.2 Å². The first kappa shape index (κ1) is 14.9. The van der Waals surface area contributed by atoms with Crippen molar-refractivity contribution in [2.45, 2.75) is 19.0 Å². The molecule has 0 spiro atoms. The van der Waals surface area contributed by atoms with E-state index in [1.54, 1.807) is 11.8 Å². The minimum absolute atomic E-state index is 0.0146. The molecule has 0 aromatic heterocycles. The molecular weight excluding hydrogens is 248 g/mol. The van der Waals surface area contributed by atoms with E-state index >= 15 is 0 Å². The number of aliphatic hydroxyl groups excluding tert-OH is 1. The van der Waals surface area contributed by atoms with Gasteiger partial charge < -0.3 is 15.7 Å². The molecule has 18 heavy (non-hydrogen) atoms. The summed E-state index contributed by atoms with van der Waals surface area (Å²) in [6.07, 6.45) is 2.56. The van der Waals surface area contributed by atoms with E-state index in [9.17, 15) is 4.79 Å². The molecule has 1 atom stereocenters. The number of thioether (sulfide) groups is 1. The Hall–Kier alpha value is -1.20. The molecule has 4 nitrogen and oxygen atoms in total. The van der Waals surface area contributed by atoms with Crippen molar-refractivity contribution in [3.63, 3.8) is 0 Å². The zero-order valence-corrected chi connectivity index (χ0v) is 11.4. The fourth-order valence-corrected chi connectivity index (χ4v) is 2.22. The summed E-state index contributed by atoms with van der Waals surface area (Å²) in [7, 11) is 0. The number of benzene rings is 1. The molecule has 0 heterocycles. The summed E-state index contributed by atoms with van der Waals surface area (Å²) in [6, 6.07) is 9.58. The van der Waals surface area contributed by atoms with Gasteiger partial charge in [-0.3, -0.25) is 0 Å². The first-order chi connectivity index (χ1) is 8.76. The van der Waals surface area contributed by atoms with Crippen molar-refractivity contribution in [1.29, 1.82) is 0 Å². The van der Waals surface area contributed by atoms with Crippen molar-refractivity contribution in [3.05, 3.63) is 35.9 Å². The molecule has 0 radical (unpaired) electrons. The lowest BCUT2D eigenvalue weighted by atomic mass is 10.2. The third-order valence-electron chi connectivity index (χ3n) is 2.48. The second kappa shape index (κ2) is 8.83. The van der Waals surface area contributed by atoms with Gasteiger partial charge in [0.05, 0.1) is 0 Å². The molecule has 0 bridgehead atoms. The van der Waals surface area contributed by atoms with Gasteiger partial charge in [0.1, 0.15) is 0 Å². The molecule has 1 aromatic carbocycles. The molecular formula is C13H20N2O2S. The molecule has 0 fully saturated rings. The molecule has 0 saturated heterocycles. The molecule has 2 amide bonds. The first-order valence-electron chi connectivity index (χ1n) is 5.94. The van der Waals surface area contributed by atoms with Gasteiger partial charge >= 0.3 is 6.03 Å². The zero-order chi connectivity index (χ0) is 13.2. The lowest BCUT2D eigenvalue weighted by molar-refractivity contribution is 0.231. The number of urea groups is 1. The number of aliphatic hydroxyl groups is 1. The van der Waals surface area contributed by atoms with Crippen LogP contribution in [0, 0.1) is 0 Å². The highest BCUT2D eigenvalue weighted by molar-refractivity contribution is 7.98. The van der Waals surface area contributed by atoms with Crippen LogP contribution >= 0.6 is 11.8 Å². The van der Waals surface area contributed by atoms with Crippen LogP contribution in [0.4, 0.5) is 4.79 Å². The predicted octanol–water partition coefficient (Wildman–Crippen LogP) is 1.60. The Balaban J connectivity index is 2.31. The Bertz CT molecular complexity index is 340. The largest absolute Gasteiger partial charge is 0.396 e. The van der Waals surface area contributed by atoms with E-state index in [1.807, 2.05) is 36.6 Å². The van der Waals surface area contributed by atoms with E-state index in [4.69, 9.17) is 5.11 Å². The summed E-state index contributed by atoms with van der Waals surface area (Å²) >= 11 is 1.65. The number of rotatable bonds is 7. The predicted molar refractivity (Wildman–Crippen MR) is 75.7 cm³/mol. The summed E-state index contributed by atoms with van der Waals surface area (Å²) in [4.78, 5) is 11.7. The molecule has 0 aliphatic rings. The van der Waals surface area contributed by atoms with Crippen molar-refractivity contribution < 1.29 is 9.90 Å². The fraction of sp³-hybridized carbons (Fsp3) is 0.462. The van der Waals surface area contributed by atoms with Gasteiger partial charge in [-0.2, -0.15) is 11.8 Å². The van der Waals surface area contributed by atoms with E-state index < -0.39 is 0 Å². The van der Waals surface area contributed by atoms with Crippen molar-refractivity contribution >= 4 is 17.8 Å². The standard InChI is InChI=1S/C13H20N2O2S/c1-18-10-12(7-8-16)15-13(17)14-9-11-5-3-2-4-6-11/h2-6,12,16H,7-10H2,1H3,(H2,14,15,17). The smallest absolute Gasteiger partial charge is 0.315 e. The van der Waals surface area contributed by atoms with Crippen LogP contribution < -0.4 is 10.6 Å². The third kappa shape index (κ3) is 5.93. The molecule has 1 unspecified atom stereocenters. The SMILES string of the molecule is CSCC(CCO)NC(=O)NCc1ccccc1. The highest BCUT2D eigenvalue weighted by Crippen LogP contribution is 2.01. The average Bonchev–Trinajstić information content (AvgIpc) is 2.38. The highest BCUT2D eigenvalue weighted by Gasteiger charge is 2.10. The first-order valence-corrected chi connectivity index (χ1v) is 7.33. The maximum atomic E-state index is 11.7. The van der Waals surface area contributed by atoms with Gasteiger partial charge in [0.2, 0.25) is 0 Å². The molecule has 1 rings (SSSR count). The maximum absolute atomic E-state index is 11.7. The summed E-state index contributed by atoms with van der Waals surface area (Å²) in [5, 5.41) is 14.6. The molecule has 5 heteroatoms. The number of nitrogens with one attached hydrogen (secondary N) is 2. The van der Waals surface area contributed by atoms with Crippen LogP contribution in [0.1, 0.15) is 12.0 Å². The highest BCUT2D eigenvalue weighted by atomic mass is 32.2. The van der Waals surface area contributed by atoms with Crippen LogP contribution in [0.5, 0.6) is 0 Å². The Morgan fingerprint density at radius 3 is 2.72 bits per heavy atom. The lowest BCUT2D eigenvalue weighted by Gasteiger charge is -2.17. The van der Waals surface area contributed by atoms with Gasteiger partial charge in [0, 0.05) is 24.9 Å². The molecule has 1 aromatic rings. The monoisotopic (exact) mass is 268 g/mol. The molecule has 0 saturated carbocycles. The van der Waals surface area contributed by atoms with Gasteiger partial charge in [0.15, 0.2) is 0 Å². The number of amides is 2. The van der Waals surface area contributed by atoms with Crippen LogP contribution in [0.3, 0.4) is 0 Å². The second-order valence-corrected chi connectivity index (χ2v) is 4.89. The topological polar surface area (TPSA) is 61.4 Å². The number of hydrogen-bond donors (Lipinski definition) is 3. The zero-order valence-electron chi connectivity index (χ0n) is 10.6. The molecule has 100 valence electrons. The summed E-state index contributed by atoms with van der Waals surface area (Å²) < 4.78 is 0. The average molecular weight is 268 g/mol. The van der Waals surface area contributed by atoms with Crippen LogP contribution in [0.15, 0.2) is 30.3 Å². The number of carbonyl (C=O) groups is 1. The molecule has 3 N–H and O–H groups in total. The summed E-state index contributed by atoms with van der Waals surface area (Å²) in [5.41, 5.74) is 1.07. The van der Waals surface area contributed by atoms with Crippen molar-refractivity contribution in [1.82, 2.24) is 10.6 Å². The molecule has 0 aliphatic carbocycles. The van der Waals surface area contributed by atoms with Gasteiger partial charge in [-0.1, -0.05) is 30.3 Å². The second-order valence-electron chi connectivity index (χ2n) is 3.98.